The lowest BCUT2D eigenvalue weighted by atomic mass is 10.3. The van der Waals surface area contributed by atoms with E-state index in [1.165, 1.54) is 6.20 Å². The van der Waals surface area contributed by atoms with Gasteiger partial charge in [0.05, 0.1) is 17.2 Å². The molecule has 2 rings (SSSR count). The Morgan fingerprint density at radius 1 is 1.31 bits per heavy atom. The van der Waals surface area contributed by atoms with E-state index in [0.717, 1.165) is 0 Å². The highest BCUT2D eigenvalue weighted by Gasteiger charge is 2.04. The molecule has 7 heteroatoms. The lowest BCUT2D eigenvalue weighted by Gasteiger charge is -2.10. The van der Waals surface area contributed by atoms with Crippen LogP contribution in [0, 0.1) is 0 Å². The smallest absolute Gasteiger partial charge is 0.319 e. The number of rotatable bonds is 6. The maximum atomic E-state index is 11.7. The highest BCUT2D eigenvalue weighted by atomic mass is 35.5. The molecule has 1 aromatic carbocycles. The molecule has 136 valence electrons. The Bertz CT molecular complexity index is 875. The fourth-order valence-electron chi connectivity index (χ4n) is 2.01. The van der Waals surface area contributed by atoms with Gasteiger partial charge in [-0.3, -0.25) is 0 Å². The van der Waals surface area contributed by atoms with Crippen molar-refractivity contribution >= 4 is 28.7 Å². The fourth-order valence-corrected chi connectivity index (χ4v) is 2.18. The molecule has 2 amide bonds. The Morgan fingerprint density at radius 2 is 2.08 bits per heavy atom. The minimum Gasteiger partial charge on any atom is -0.442 e. The molecule has 0 radical (unpaired) electrons. The molecule has 0 atom stereocenters. The summed E-state index contributed by atoms with van der Waals surface area (Å²) in [6.45, 7) is 9.22. The second kappa shape index (κ2) is 9.01. The predicted molar refractivity (Wildman–Crippen MR) is 104 cm³/mol. The summed E-state index contributed by atoms with van der Waals surface area (Å²) in [6, 6.07) is 5.02. The molecule has 0 saturated carbocycles. The Balaban J connectivity index is 2.07. The van der Waals surface area contributed by atoms with Crippen LogP contribution in [0.2, 0.25) is 5.02 Å². The number of benzene rings is 1. The molecule has 2 aromatic rings. The van der Waals surface area contributed by atoms with Crippen LogP contribution < -0.4 is 15.4 Å². The molecule has 1 aromatic heterocycles. The number of ether oxygens (including phenoxy) is 1. The number of nitrogens with one attached hydrogen (secondary N) is 2. The van der Waals surface area contributed by atoms with Gasteiger partial charge in [-0.25, -0.2) is 14.8 Å². The van der Waals surface area contributed by atoms with E-state index in [2.05, 4.69) is 27.2 Å². The highest BCUT2D eigenvalue weighted by molar-refractivity contribution is 6.31. The molecular formula is C19H21ClN4O2. The van der Waals surface area contributed by atoms with Crippen LogP contribution in [0.1, 0.15) is 20.8 Å². The first-order chi connectivity index (χ1) is 12.4. The van der Waals surface area contributed by atoms with Gasteiger partial charge in [0, 0.05) is 16.8 Å². The van der Waals surface area contributed by atoms with Crippen molar-refractivity contribution in [3.05, 3.63) is 65.7 Å². The third kappa shape index (κ3) is 5.89. The van der Waals surface area contributed by atoms with Gasteiger partial charge in [-0.05, 0) is 57.2 Å². The average molecular weight is 373 g/mol. The van der Waals surface area contributed by atoms with E-state index in [1.807, 2.05) is 13.8 Å². The maximum Gasteiger partial charge on any atom is 0.319 e. The normalized spacial score (nSPS) is 12.2. The zero-order chi connectivity index (χ0) is 19.1. The van der Waals surface area contributed by atoms with Crippen LogP contribution >= 0.6 is 11.6 Å². The largest absolute Gasteiger partial charge is 0.442 e. The lowest BCUT2D eigenvalue weighted by Crippen LogP contribution is -2.38. The summed E-state index contributed by atoms with van der Waals surface area (Å²) in [5.41, 5.74) is 1.93. The third-order valence-corrected chi connectivity index (χ3v) is 3.38. The second-order valence-electron chi connectivity index (χ2n) is 5.80. The Morgan fingerprint density at radius 3 is 2.77 bits per heavy atom. The van der Waals surface area contributed by atoms with Crippen molar-refractivity contribution in [1.82, 2.24) is 20.6 Å². The highest BCUT2D eigenvalue weighted by Crippen LogP contribution is 2.19. The molecule has 0 unspecified atom stereocenters. The van der Waals surface area contributed by atoms with E-state index in [-0.39, 0.29) is 12.1 Å². The van der Waals surface area contributed by atoms with Crippen molar-refractivity contribution in [2.45, 2.75) is 26.8 Å². The van der Waals surface area contributed by atoms with Crippen LogP contribution in [0.5, 0.6) is 5.88 Å². The quantitative estimate of drug-likeness (QED) is 0.584. The Kier molecular flexibility index (Phi) is 6.74. The molecule has 1 heterocycles. The van der Waals surface area contributed by atoms with Crippen LogP contribution in [0.15, 0.2) is 60.7 Å². The summed E-state index contributed by atoms with van der Waals surface area (Å²) in [5.74, 6) is 0.950. The number of halogens is 1. The summed E-state index contributed by atoms with van der Waals surface area (Å²) >= 11 is 5.93. The Hall–Kier alpha value is -2.86. The van der Waals surface area contributed by atoms with E-state index >= 15 is 0 Å². The molecule has 2 N–H and O–H groups in total. The number of carbonyl (C=O) groups is 1. The van der Waals surface area contributed by atoms with E-state index in [4.69, 9.17) is 16.3 Å². The molecule has 0 aliphatic carbocycles. The van der Waals surface area contributed by atoms with Crippen molar-refractivity contribution in [2.75, 3.05) is 0 Å². The molecule has 0 fully saturated rings. The first kappa shape index (κ1) is 19.5. The van der Waals surface area contributed by atoms with Crippen LogP contribution in [0.4, 0.5) is 4.79 Å². The number of urea groups is 1. The number of amides is 2. The SMILES string of the molecule is C=C/C(=C\C=C(/C)Oc1cnc2cc(Cl)ccc2n1)NC(=O)NC(C)C. The van der Waals surface area contributed by atoms with E-state index in [1.54, 1.807) is 43.4 Å². The van der Waals surface area contributed by atoms with Gasteiger partial charge in [-0.2, -0.15) is 0 Å². The van der Waals surface area contributed by atoms with Crippen molar-refractivity contribution in [3.8, 4) is 5.88 Å². The van der Waals surface area contributed by atoms with Gasteiger partial charge in [0.2, 0.25) is 5.88 Å². The zero-order valence-corrected chi connectivity index (χ0v) is 15.7. The standard InChI is InChI=1S/C19H21ClN4O2/c1-5-15(23-19(25)22-12(2)3)8-6-13(4)26-18-11-21-17-10-14(20)7-9-16(17)24-18/h5-12H,1H2,2-4H3,(H2,22,23,25)/b13-6+,15-8+. The molecule has 26 heavy (non-hydrogen) atoms. The number of aromatic nitrogens is 2. The van der Waals surface area contributed by atoms with Crippen LogP contribution in [-0.2, 0) is 0 Å². The first-order valence-electron chi connectivity index (χ1n) is 8.06. The molecule has 0 aliphatic rings. The number of hydrogen-bond donors (Lipinski definition) is 2. The third-order valence-electron chi connectivity index (χ3n) is 3.14. The monoisotopic (exact) mass is 372 g/mol. The number of nitrogens with zero attached hydrogens (tertiary/aromatic N) is 2. The molecule has 0 saturated heterocycles. The van der Waals surface area contributed by atoms with Gasteiger partial charge < -0.3 is 15.4 Å². The van der Waals surface area contributed by atoms with Crippen molar-refractivity contribution < 1.29 is 9.53 Å². The predicted octanol–water partition coefficient (Wildman–Crippen LogP) is 4.34. The zero-order valence-electron chi connectivity index (χ0n) is 14.9. The second-order valence-corrected chi connectivity index (χ2v) is 6.24. The van der Waals surface area contributed by atoms with Gasteiger partial charge in [0.25, 0.3) is 0 Å². The number of hydrogen-bond acceptors (Lipinski definition) is 4. The molecule has 6 nitrogen and oxygen atoms in total. The fraction of sp³-hybridized carbons (Fsp3) is 0.211. The van der Waals surface area contributed by atoms with Gasteiger partial charge >= 0.3 is 6.03 Å². The van der Waals surface area contributed by atoms with Crippen LogP contribution in [-0.4, -0.2) is 22.0 Å². The lowest BCUT2D eigenvalue weighted by molar-refractivity contribution is 0.241. The van der Waals surface area contributed by atoms with E-state index in [0.29, 0.717) is 33.4 Å². The van der Waals surface area contributed by atoms with Gasteiger partial charge in [-0.1, -0.05) is 18.2 Å². The van der Waals surface area contributed by atoms with Gasteiger partial charge in [0.1, 0.15) is 5.76 Å². The molecule has 0 spiro atoms. The number of carbonyl (C=O) groups excluding carboxylic acids is 1. The van der Waals surface area contributed by atoms with Gasteiger partial charge in [0.15, 0.2) is 0 Å². The number of allylic oxidation sites excluding steroid dienone is 4. The molecule has 0 aliphatic heterocycles. The average Bonchev–Trinajstić information content (AvgIpc) is 2.58. The molecule has 0 bridgehead atoms. The first-order valence-corrected chi connectivity index (χ1v) is 8.44. The minimum absolute atomic E-state index is 0.0445. The van der Waals surface area contributed by atoms with Crippen LogP contribution in [0.25, 0.3) is 11.0 Å². The summed E-state index contributed by atoms with van der Waals surface area (Å²) < 4.78 is 5.66. The summed E-state index contributed by atoms with van der Waals surface area (Å²) in [6.07, 6.45) is 6.47. The van der Waals surface area contributed by atoms with Crippen molar-refractivity contribution in [1.29, 1.82) is 0 Å². The van der Waals surface area contributed by atoms with Crippen molar-refractivity contribution in [2.24, 2.45) is 0 Å². The Labute approximate surface area is 157 Å². The summed E-state index contributed by atoms with van der Waals surface area (Å²) in [4.78, 5) is 20.4. The number of fused-ring (bicyclic) bond motifs is 1. The summed E-state index contributed by atoms with van der Waals surface area (Å²) in [5, 5.41) is 6.04. The van der Waals surface area contributed by atoms with Gasteiger partial charge in [-0.15, -0.1) is 0 Å². The minimum atomic E-state index is -0.294. The van der Waals surface area contributed by atoms with Crippen LogP contribution in [0.3, 0.4) is 0 Å². The van der Waals surface area contributed by atoms with E-state index < -0.39 is 0 Å². The summed E-state index contributed by atoms with van der Waals surface area (Å²) in [7, 11) is 0. The van der Waals surface area contributed by atoms with Crippen molar-refractivity contribution in [3.63, 3.8) is 0 Å². The topological polar surface area (TPSA) is 76.1 Å². The van der Waals surface area contributed by atoms with E-state index in [9.17, 15) is 4.79 Å². The maximum absolute atomic E-state index is 11.7. The molecular weight excluding hydrogens is 352 g/mol.